The number of allylic oxidation sites excluding steroid dienone is 4. The molecule has 1 aromatic carbocycles. The van der Waals surface area contributed by atoms with Gasteiger partial charge in [-0.05, 0) is 37.1 Å². The molecule has 0 bridgehead atoms. The van der Waals surface area contributed by atoms with Gasteiger partial charge in [-0.15, -0.1) is 0 Å². The van der Waals surface area contributed by atoms with E-state index in [9.17, 15) is 22.0 Å². The van der Waals surface area contributed by atoms with Crippen molar-refractivity contribution >= 4 is 5.71 Å². The first kappa shape index (κ1) is 19.9. The highest BCUT2D eigenvalue weighted by Crippen LogP contribution is 2.34. The summed E-state index contributed by atoms with van der Waals surface area (Å²) in [4.78, 5) is 4.01. The van der Waals surface area contributed by atoms with Gasteiger partial charge in [0, 0.05) is 12.6 Å². The van der Waals surface area contributed by atoms with Crippen LogP contribution in [0.1, 0.15) is 31.4 Å². The lowest BCUT2D eigenvalue weighted by atomic mass is 10.00. The molecule has 0 spiro atoms. The van der Waals surface area contributed by atoms with Gasteiger partial charge in [0.05, 0.1) is 11.3 Å². The first-order valence-electron chi connectivity index (χ1n) is 7.17. The third kappa shape index (κ3) is 5.47. The summed E-state index contributed by atoms with van der Waals surface area (Å²) in [5.74, 6) is -0.562. The highest BCUT2D eigenvalue weighted by atomic mass is 19.4. The molecule has 0 radical (unpaired) electrons. The number of hydrogen-bond acceptors (Lipinski definition) is 2. The zero-order valence-electron chi connectivity index (χ0n) is 13.5. The third-order valence-electron chi connectivity index (χ3n) is 3.10. The Kier molecular flexibility index (Phi) is 7.13. The maximum atomic E-state index is 12.8. The van der Waals surface area contributed by atoms with Crippen molar-refractivity contribution in [3.05, 3.63) is 53.1 Å². The number of ether oxygens (including phenoxy) is 1. The van der Waals surface area contributed by atoms with Crippen LogP contribution in [0.15, 0.2) is 47.0 Å². The Balaban J connectivity index is 3.39. The predicted octanol–water partition coefficient (Wildman–Crippen LogP) is 5.64. The third-order valence-corrected chi connectivity index (χ3v) is 3.10. The molecule has 0 N–H and O–H groups in total. The maximum Gasteiger partial charge on any atom is 0.416 e. The highest BCUT2D eigenvalue weighted by Gasteiger charge is 2.32. The van der Waals surface area contributed by atoms with E-state index in [-0.39, 0.29) is 11.3 Å². The van der Waals surface area contributed by atoms with Gasteiger partial charge < -0.3 is 4.74 Å². The van der Waals surface area contributed by atoms with E-state index in [1.165, 1.54) is 7.05 Å². The van der Waals surface area contributed by atoms with Crippen molar-refractivity contribution in [2.24, 2.45) is 4.99 Å². The molecule has 0 atom stereocenters. The van der Waals surface area contributed by atoms with Gasteiger partial charge in [0.15, 0.2) is 0 Å². The molecule has 0 amide bonds. The maximum absolute atomic E-state index is 12.8. The van der Waals surface area contributed by atoms with Crippen molar-refractivity contribution in [1.82, 2.24) is 0 Å². The summed E-state index contributed by atoms with van der Waals surface area (Å²) in [5.41, 5.74) is -0.101. The van der Waals surface area contributed by atoms with E-state index >= 15 is 0 Å². The van der Waals surface area contributed by atoms with Crippen molar-refractivity contribution in [2.75, 3.05) is 7.05 Å². The van der Waals surface area contributed by atoms with E-state index in [0.717, 1.165) is 18.6 Å². The molecule has 0 saturated heterocycles. The average molecular weight is 347 g/mol. The number of halogens is 5. The number of rotatable bonds is 6. The Morgan fingerprint density at radius 1 is 1.29 bits per heavy atom. The van der Waals surface area contributed by atoms with Gasteiger partial charge in [-0.3, -0.25) is 4.99 Å². The van der Waals surface area contributed by atoms with Gasteiger partial charge in [0.1, 0.15) is 5.75 Å². The average Bonchev–Trinajstić information content (AvgIpc) is 2.48. The second kappa shape index (κ2) is 8.61. The predicted molar refractivity (Wildman–Crippen MR) is 83.7 cm³/mol. The molecule has 2 nitrogen and oxygen atoms in total. The number of nitrogens with zero attached hydrogens (tertiary/aromatic N) is 1. The number of hydrogen-bond donors (Lipinski definition) is 0. The highest BCUT2D eigenvalue weighted by molar-refractivity contribution is 6.14. The van der Waals surface area contributed by atoms with Gasteiger partial charge >= 0.3 is 12.8 Å². The molecule has 132 valence electrons. The number of benzene rings is 1. The van der Waals surface area contributed by atoms with Crippen LogP contribution in [-0.4, -0.2) is 19.4 Å². The van der Waals surface area contributed by atoms with Crippen LogP contribution in [-0.2, 0) is 6.18 Å². The molecule has 0 heterocycles. The fraction of sp³-hybridized carbons (Fsp3) is 0.353. The molecule has 0 unspecified atom stereocenters. The Hall–Kier alpha value is -2.18. The summed E-state index contributed by atoms with van der Waals surface area (Å²) in [6, 6.07) is 2.46. The standard InChI is InChI=1S/C17H18F5NO/c1-4-5-6-7-11(2)15(23-3)13-9-8-12(17(20,21)22)10-14(13)24-16(18)19/h5-10,16H,4H2,1-3H3/b6-5-,11-7+,23-15?. The summed E-state index contributed by atoms with van der Waals surface area (Å²) < 4.78 is 67.8. The molecule has 0 saturated carbocycles. The lowest BCUT2D eigenvalue weighted by Gasteiger charge is -2.15. The van der Waals surface area contributed by atoms with E-state index in [1.54, 1.807) is 19.1 Å². The molecule has 0 aliphatic rings. The van der Waals surface area contributed by atoms with Crippen molar-refractivity contribution in [1.29, 1.82) is 0 Å². The van der Waals surface area contributed by atoms with Crippen LogP contribution in [0.3, 0.4) is 0 Å². The SMILES string of the molecule is CC/C=C\C=C(/C)C(=NC)c1ccc(C(F)(F)F)cc1OC(F)F. The smallest absolute Gasteiger partial charge is 0.416 e. The minimum Gasteiger partial charge on any atom is -0.434 e. The molecular formula is C17H18F5NO. The zero-order valence-corrected chi connectivity index (χ0v) is 13.5. The lowest BCUT2D eigenvalue weighted by molar-refractivity contribution is -0.138. The van der Waals surface area contributed by atoms with Crippen molar-refractivity contribution < 1.29 is 26.7 Å². The second-order valence-electron chi connectivity index (χ2n) is 4.85. The molecule has 1 rings (SSSR count). The first-order valence-corrected chi connectivity index (χ1v) is 7.17. The number of aliphatic imine (C=N–C) groups is 1. The molecule has 0 aliphatic carbocycles. The molecule has 24 heavy (non-hydrogen) atoms. The summed E-state index contributed by atoms with van der Waals surface area (Å²) in [6.07, 6.45) is 1.49. The van der Waals surface area contributed by atoms with E-state index in [2.05, 4.69) is 9.73 Å². The summed E-state index contributed by atoms with van der Waals surface area (Å²) >= 11 is 0. The molecule has 0 fully saturated rings. The van der Waals surface area contributed by atoms with Crippen molar-refractivity contribution in [3.8, 4) is 5.75 Å². The van der Waals surface area contributed by atoms with Gasteiger partial charge in [-0.2, -0.15) is 22.0 Å². The van der Waals surface area contributed by atoms with E-state index in [1.807, 2.05) is 13.0 Å². The molecule has 0 aromatic heterocycles. The molecule has 0 aliphatic heterocycles. The summed E-state index contributed by atoms with van der Waals surface area (Å²) in [5, 5.41) is 0. The second-order valence-corrected chi connectivity index (χ2v) is 4.85. The summed E-state index contributed by atoms with van der Waals surface area (Å²) in [7, 11) is 1.43. The Morgan fingerprint density at radius 3 is 2.46 bits per heavy atom. The van der Waals surface area contributed by atoms with Gasteiger partial charge in [-0.25, -0.2) is 0 Å². The quantitative estimate of drug-likeness (QED) is 0.371. The van der Waals surface area contributed by atoms with E-state index in [4.69, 9.17) is 0 Å². The van der Waals surface area contributed by atoms with E-state index < -0.39 is 24.1 Å². The van der Waals surface area contributed by atoms with Crippen LogP contribution in [0.2, 0.25) is 0 Å². The molecular weight excluding hydrogens is 329 g/mol. The normalized spacial score (nSPS) is 13.9. The fourth-order valence-corrected chi connectivity index (χ4v) is 2.02. The molecule has 7 heteroatoms. The van der Waals surface area contributed by atoms with Crippen LogP contribution < -0.4 is 4.74 Å². The van der Waals surface area contributed by atoms with E-state index in [0.29, 0.717) is 11.6 Å². The van der Waals surface area contributed by atoms with Crippen LogP contribution in [0.4, 0.5) is 22.0 Å². The minimum atomic E-state index is -4.66. The summed E-state index contributed by atoms with van der Waals surface area (Å²) in [6.45, 7) is 0.389. The van der Waals surface area contributed by atoms with Gasteiger partial charge in [0.2, 0.25) is 0 Å². The van der Waals surface area contributed by atoms with Crippen molar-refractivity contribution in [2.45, 2.75) is 33.1 Å². The van der Waals surface area contributed by atoms with Gasteiger partial charge in [0.25, 0.3) is 0 Å². The fourth-order valence-electron chi connectivity index (χ4n) is 2.02. The van der Waals surface area contributed by atoms with Crippen LogP contribution >= 0.6 is 0 Å². The van der Waals surface area contributed by atoms with Crippen molar-refractivity contribution in [3.63, 3.8) is 0 Å². The van der Waals surface area contributed by atoms with Crippen LogP contribution in [0.5, 0.6) is 5.75 Å². The number of alkyl halides is 5. The van der Waals surface area contributed by atoms with Gasteiger partial charge in [-0.1, -0.05) is 25.2 Å². The monoisotopic (exact) mass is 347 g/mol. The topological polar surface area (TPSA) is 21.6 Å². The lowest BCUT2D eigenvalue weighted by Crippen LogP contribution is -2.12. The Bertz CT molecular complexity index is 645. The largest absolute Gasteiger partial charge is 0.434 e. The zero-order chi connectivity index (χ0) is 18.3. The minimum absolute atomic E-state index is 0.0736. The first-order chi connectivity index (χ1) is 11.2. The Morgan fingerprint density at radius 2 is 1.96 bits per heavy atom. The molecule has 1 aromatic rings. The van der Waals surface area contributed by atoms with Crippen LogP contribution in [0.25, 0.3) is 0 Å². The Labute approximate surface area is 137 Å². The van der Waals surface area contributed by atoms with Crippen LogP contribution in [0, 0.1) is 0 Å².